The SMILES string of the molecule is O=CNc1ccc(OCc2ccc(C(=O)O)cc2)c(C(=O)CO)c1. The number of amides is 1. The highest BCUT2D eigenvalue weighted by molar-refractivity contribution is 6.00. The highest BCUT2D eigenvalue weighted by Gasteiger charge is 2.13. The number of benzene rings is 2. The molecule has 1 amide bonds. The first-order valence-electron chi connectivity index (χ1n) is 6.98. The molecule has 0 heterocycles. The molecule has 2 rings (SSSR count). The van der Waals surface area contributed by atoms with E-state index in [0.717, 1.165) is 5.56 Å². The van der Waals surface area contributed by atoms with Gasteiger partial charge in [0.2, 0.25) is 6.41 Å². The molecule has 0 aromatic heterocycles. The van der Waals surface area contributed by atoms with Gasteiger partial charge in [-0.05, 0) is 35.9 Å². The zero-order valence-corrected chi connectivity index (χ0v) is 12.6. The fraction of sp³-hybridized carbons (Fsp3) is 0.118. The highest BCUT2D eigenvalue weighted by atomic mass is 16.5. The van der Waals surface area contributed by atoms with Crippen LogP contribution in [0.15, 0.2) is 42.5 Å². The smallest absolute Gasteiger partial charge is 0.335 e. The van der Waals surface area contributed by atoms with Crippen LogP contribution < -0.4 is 10.1 Å². The van der Waals surface area contributed by atoms with Gasteiger partial charge in [0.05, 0.1) is 11.1 Å². The lowest BCUT2D eigenvalue weighted by Gasteiger charge is -2.12. The second kappa shape index (κ2) is 7.89. The normalized spacial score (nSPS) is 10.0. The van der Waals surface area contributed by atoms with Crippen molar-refractivity contribution in [2.24, 2.45) is 0 Å². The molecule has 0 aliphatic heterocycles. The van der Waals surface area contributed by atoms with Crippen LogP contribution in [-0.2, 0) is 11.4 Å². The summed E-state index contributed by atoms with van der Waals surface area (Å²) in [6, 6.07) is 10.6. The molecule has 0 saturated carbocycles. The molecule has 3 N–H and O–H groups in total. The number of ether oxygens (including phenoxy) is 1. The molecule has 0 radical (unpaired) electrons. The van der Waals surface area contributed by atoms with Crippen LogP contribution in [0.2, 0.25) is 0 Å². The van der Waals surface area contributed by atoms with E-state index in [0.29, 0.717) is 12.1 Å². The molecular weight excluding hydrogens is 314 g/mol. The molecule has 7 heteroatoms. The maximum absolute atomic E-state index is 11.8. The standard InChI is InChI=1S/C17H15NO6/c19-8-15(21)14-7-13(18-10-20)5-6-16(14)24-9-11-1-3-12(4-2-11)17(22)23/h1-7,10,19H,8-9H2,(H,18,20)(H,22,23). The lowest BCUT2D eigenvalue weighted by molar-refractivity contribution is -0.105. The van der Waals surface area contributed by atoms with Crippen LogP contribution >= 0.6 is 0 Å². The number of carbonyl (C=O) groups is 3. The Morgan fingerprint density at radius 2 is 1.83 bits per heavy atom. The number of hydrogen-bond acceptors (Lipinski definition) is 5. The summed E-state index contributed by atoms with van der Waals surface area (Å²) in [6.07, 6.45) is 0.479. The summed E-state index contributed by atoms with van der Waals surface area (Å²) >= 11 is 0. The first-order chi connectivity index (χ1) is 11.5. The molecule has 0 bridgehead atoms. The van der Waals surface area contributed by atoms with E-state index in [2.05, 4.69) is 5.32 Å². The van der Waals surface area contributed by atoms with E-state index in [-0.39, 0.29) is 23.5 Å². The Hall–Kier alpha value is -3.19. The molecule has 2 aromatic carbocycles. The summed E-state index contributed by atoms with van der Waals surface area (Å²) in [5.74, 6) is -1.30. The van der Waals surface area contributed by atoms with Gasteiger partial charge in [-0.1, -0.05) is 12.1 Å². The number of carbonyl (C=O) groups excluding carboxylic acids is 2. The topological polar surface area (TPSA) is 113 Å². The van der Waals surface area contributed by atoms with Crippen molar-refractivity contribution in [3.63, 3.8) is 0 Å². The van der Waals surface area contributed by atoms with Crippen LogP contribution in [0.1, 0.15) is 26.3 Å². The number of anilines is 1. The predicted octanol–water partition coefficient (Wildman–Crippen LogP) is 1.71. The fourth-order valence-corrected chi connectivity index (χ4v) is 2.02. The average Bonchev–Trinajstić information content (AvgIpc) is 2.60. The second-order valence-electron chi connectivity index (χ2n) is 4.85. The molecule has 7 nitrogen and oxygen atoms in total. The molecule has 2 aromatic rings. The lowest BCUT2D eigenvalue weighted by atomic mass is 10.1. The van der Waals surface area contributed by atoms with E-state index in [1.807, 2.05) is 0 Å². The minimum atomic E-state index is -1.02. The van der Waals surface area contributed by atoms with Crippen molar-refractivity contribution in [2.45, 2.75) is 6.61 Å². The minimum absolute atomic E-state index is 0.117. The Balaban J connectivity index is 2.17. The molecule has 0 atom stereocenters. The number of hydrogen-bond donors (Lipinski definition) is 3. The van der Waals surface area contributed by atoms with Crippen LogP contribution in [0.5, 0.6) is 5.75 Å². The first-order valence-corrected chi connectivity index (χ1v) is 6.98. The zero-order valence-electron chi connectivity index (χ0n) is 12.6. The average molecular weight is 329 g/mol. The Kier molecular flexibility index (Phi) is 5.64. The van der Waals surface area contributed by atoms with Gasteiger partial charge >= 0.3 is 5.97 Å². The lowest BCUT2D eigenvalue weighted by Crippen LogP contribution is -2.09. The Labute approximate surface area is 137 Å². The van der Waals surface area contributed by atoms with E-state index in [4.69, 9.17) is 14.9 Å². The van der Waals surface area contributed by atoms with Crippen molar-refractivity contribution in [3.8, 4) is 5.75 Å². The minimum Gasteiger partial charge on any atom is -0.488 e. The maximum Gasteiger partial charge on any atom is 0.335 e. The van der Waals surface area contributed by atoms with Crippen LogP contribution in [0, 0.1) is 0 Å². The van der Waals surface area contributed by atoms with E-state index in [9.17, 15) is 14.4 Å². The van der Waals surface area contributed by atoms with Crippen molar-refractivity contribution in [2.75, 3.05) is 11.9 Å². The molecule has 124 valence electrons. The molecule has 0 fully saturated rings. The molecule has 0 unspecified atom stereocenters. The molecule has 24 heavy (non-hydrogen) atoms. The number of aliphatic hydroxyl groups is 1. The zero-order chi connectivity index (χ0) is 17.5. The number of carboxylic acid groups (broad SMARTS) is 1. The molecule has 0 aliphatic rings. The largest absolute Gasteiger partial charge is 0.488 e. The Morgan fingerprint density at radius 3 is 2.42 bits per heavy atom. The fourth-order valence-electron chi connectivity index (χ4n) is 2.02. The van der Waals surface area contributed by atoms with Crippen molar-refractivity contribution in [1.82, 2.24) is 0 Å². The van der Waals surface area contributed by atoms with Crippen molar-refractivity contribution in [1.29, 1.82) is 0 Å². The third kappa shape index (κ3) is 4.17. The van der Waals surface area contributed by atoms with Gasteiger partial charge in [0.25, 0.3) is 0 Å². The van der Waals surface area contributed by atoms with Gasteiger partial charge in [-0.3, -0.25) is 9.59 Å². The van der Waals surface area contributed by atoms with Crippen LogP contribution in [0.4, 0.5) is 5.69 Å². The van der Waals surface area contributed by atoms with Crippen LogP contribution in [-0.4, -0.2) is 35.0 Å². The maximum atomic E-state index is 11.8. The van der Waals surface area contributed by atoms with Gasteiger partial charge in [0.15, 0.2) is 5.78 Å². The van der Waals surface area contributed by atoms with Gasteiger partial charge in [0, 0.05) is 5.69 Å². The van der Waals surface area contributed by atoms with Gasteiger partial charge in [-0.2, -0.15) is 0 Å². The number of carboxylic acids is 1. The molecule has 0 spiro atoms. The number of Topliss-reactive ketones (excluding diaryl/α,β-unsaturated/α-hetero) is 1. The number of ketones is 1. The van der Waals surface area contributed by atoms with E-state index >= 15 is 0 Å². The second-order valence-corrected chi connectivity index (χ2v) is 4.85. The quantitative estimate of drug-likeness (QED) is 0.502. The van der Waals surface area contributed by atoms with Gasteiger partial charge in [0.1, 0.15) is 19.0 Å². The first kappa shape index (κ1) is 17.2. The van der Waals surface area contributed by atoms with Gasteiger partial charge < -0.3 is 20.3 Å². The van der Waals surface area contributed by atoms with Crippen molar-refractivity contribution >= 4 is 23.9 Å². The molecule has 0 saturated heterocycles. The Morgan fingerprint density at radius 1 is 1.12 bits per heavy atom. The number of nitrogens with one attached hydrogen (secondary N) is 1. The van der Waals surface area contributed by atoms with Crippen molar-refractivity contribution in [3.05, 3.63) is 59.2 Å². The number of aromatic carboxylic acids is 1. The summed E-state index contributed by atoms with van der Waals surface area (Å²) in [5.41, 5.74) is 1.43. The summed E-state index contributed by atoms with van der Waals surface area (Å²) in [7, 11) is 0. The summed E-state index contributed by atoms with van der Waals surface area (Å²) in [5, 5.41) is 20.3. The van der Waals surface area contributed by atoms with Crippen LogP contribution in [0.3, 0.4) is 0 Å². The summed E-state index contributed by atoms with van der Waals surface area (Å²) in [6.45, 7) is -0.569. The number of rotatable bonds is 8. The Bertz CT molecular complexity index is 754. The molecular formula is C17H15NO6. The van der Waals surface area contributed by atoms with Gasteiger partial charge in [-0.25, -0.2) is 4.79 Å². The van der Waals surface area contributed by atoms with E-state index in [1.165, 1.54) is 24.3 Å². The highest BCUT2D eigenvalue weighted by Crippen LogP contribution is 2.24. The van der Waals surface area contributed by atoms with Gasteiger partial charge in [-0.15, -0.1) is 0 Å². The monoisotopic (exact) mass is 329 g/mol. The third-order valence-electron chi connectivity index (χ3n) is 3.24. The van der Waals surface area contributed by atoms with E-state index < -0.39 is 18.4 Å². The van der Waals surface area contributed by atoms with Crippen molar-refractivity contribution < 1.29 is 29.3 Å². The van der Waals surface area contributed by atoms with E-state index in [1.54, 1.807) is 18.2 Å². The number of aliphatic hydroxyl groups excluding tert-OH is 1. The third-order valence-corrected chi connectivity index (χ3v) is 3.24. The summed E-state index contributed by atoms with van der Waals surface area (Å²) in [4.78, 5) is 33.1. The molecule has 0 aliphatic carbocycles. The van der Waals surface area contributed by atoms with Crippen LogP contribution in [0.25, 0.3) is 0 Å². The summed E-state index contributed by atoms with van der Waals surface area (Å²) < 4.78 is 5.58. The predicted molar refractivity (Wildman–Crippen MR) is 85.3 cm³/mol.